The minimum Gasteiger partial charge on any atom is -0.334 e. The Morgan fingerprint density at radius 1 is 1.19 bits per heavy atom. The van der Waals surface area contributed by atoms with E-state index in [1.807, 2.05) is 43.3 Å². The summed E-state index contributed by atoms with van der Waals surface area (Å²) in [7, 11) is 0. The van der Waals surface area contributed by atoms with Gasteiger partial charge in [-0.25, -0.2) is 4.79 Å². The molecule has 2 rings (SSSR count). The third kappa shape index (κ3) is 4.76. The molecular weight excluding hydrogens is 352 g/mol. The lowest BCUT2D eigenvalue weighted by Crippen LogP contribution is -2.36. The molecule has 2 aromatic rings. The van der Waals surface area contributed by atoms with E-state index in [0.29, 0.717) is 11.6 Å². The normalized spacial score (nSPS) is 11.8. The van der Waals surface area contributed by atoms with E-state index < -0.39 is 0 Å². The Morgan fingerprint density at radius 3 is 2.52 bits per heavy atom. The first kappa shape index (κ1) is 15.9. The van der Waals surface area contributed by atoms with Gasteiger partial charge in [-0.15, -0.1) is 0 Å². The fraction of sp³-hybridized carbons (Fsp3) is 0.188. The Balaban J connectivity index is 1.87. The summed E-state index contributed by atoms with van der Waals surface area (Å²) in [6.07, 6.45) is 0. The van der Waals surface area contributed by atoms with E-state index in [1.54, 1.807) is 12.1 Å². The zero-order valence-corrected chi connectivity index (χ0v) is 13.9. The second-order valence-corrected chi connectivity index (χ2v) is 5.99. The molecule has 110 valence electrons. The molecule has 2 amide bonds. The van der Waals surface area contributed by atoms with E-state index in [9.17, 15) is 4.79 Å². The second-order valence-electron chi connectivity index (χ2n) is 4.70. The molecule has 0 radical (unpaired) electrons. The van der Waals surface area contributed by atoms with Crippen LogP contribution in [0.3, 0.4) is 0 Å². The topological polar surface area (TPSA) is 41.1 Å². The molecule has 3 nitrogen and oxygen atoms in total. The van der Waals surface area contributed by atoms with Crippen LogP contribution in [-0.2, 0) is 6.54 Å². The maximum absolute atomic E-state index is 11.9. The van der Waals surface area contributed by atoms with Crippen molar-refractivity contribution in [2.45, 2.75) is 19.5 Å². The lowest BCUT2D eigenvalue weighted by molar-refractivity contribution is 0.237. The summed E-state index contributed by atoms with van der Waals surface area (Å²) in [4.78, 5) is 11.9. The van der Waals surface area contributed by atoms with Crippen LogP contribution in [0.1, 0.15) is 24.1 Å². The van der Waals surface area contributed by atoms with Crippen molar-refractivity contribution in [3.63, 3.8) is 0 Å². The van der Waals surface area contributed by atoms with Crippen LogP contribution in [0.4, 0.5) is 4.79 Å². The number of hydrogen-bond donors (Lipinski definition) is 2. The van der Waals surface area contributed by atoms with Gasteiger partial charge < -0.3 is 10.6 Å². The minimum absolute atomic E-state index is 0.0780. The molecule has 0 saturated heterocycles. The fourth-order valence-electron chi connectivity index (χ4n) is 1.94. The van der Waals surface area contributed by atoms with Gasteiger partial charge >= 0.3 is 6.03 Å². The molecule has 5 heteroatoms. The standard InChI is InChI=1S/C16H16BrClN2O/c1-11(14-4-2-3-5-15(14)17)20-16(21)19-10-12-6-8-13(18)9-7-12/h2-9,11H,10H2,1H3,(H2,19,20,21). The number of rotatable bonds is 4. The zero-order valence-electron chi connectivity index (χ0n) is 11.6. The predicted octanol–water partition coefficient (Wildman–Crippen LogP) is 4.66. The summed E-state index contributed by atoms with van der Waals surface area (Å²) in [5, 5.41) is 6.43. The zero-order chi connectivity index (χ0) is 15.2. The number of urea groups is 1. The number of amides is 2. The Bertz CT molecular complexity index is 616. The van der Waals surface area contributed by atoms with E-state index in [1.165, 1.54) is 0 Å². The highest BCUT2D eigenvalue weighted by Gasteiger charge is 2.11. The van der Waals surface area contributed by atoms with Gasteiger partial charge in [0.25, 0.3) is 0 Å². The van der Waals surface area contributed by atoms with Gasteiger partial charge in [-0.2, -0.15) is 0 Å². The van der Waals surface area contributed by atoms with Gasteiger partial charge in [-0.1, -0.05) is 57.9 Å². The van der Waals surface area contributed by atoms with E-state index in [4.69, 9.17) is 11.6 Å². The van der Waals surface area contributed by atoms with Crippen molar-refractivity contribution in [2.24, 2.45) is 0 Å². The molecule has 0 aliphatic carbocycles. The van der Waals surface area contributed by atoms with Crippen LogP contribution in [0, 0.1) is 0 Å². The van der Waals surface area contributed by atoms with Crippen LogP contribution >= 0.6 is 27.5 Å². The van der Waals surface area contributed by atoms with Crippen LogP contribution in [0.15, 0.2) is 53.0 Å². The number of carbonyl (C=O) groups excluding carboxylic acids is 1. The molecule has 0 heterocycles. The van der Waals surface area contributed by atoms with Gasteiger partial charge in [0.1, 0.15) is 0 Å². The van der Waals surface area contributed by atoms with Gasteiger partial charge in [0.15, 0.2) is 0 Å². The van der Waals surface area contributed by atoms with E-state index in [2.05, 4.69) is 26.6 Å². The van der Waals surface area contributed by atoms with Crippen LogP contribution in [0.25, 0.3) is 0 Å². The first-order valence-corrected chi connectivity index (χ1v) is 7.76. The maximum Gasteiger partial charge on any atom is 0.315 e. The monoisotopic (exact) mass is 366 g/mol. The van der Waals surface area contributed by atoms with Crippen molar-refractivity contribution in [3.8, 4) is 0 Å². The number of nitrogens with one attached hydrogen (secondary N) is 2. The summed E-state index contributed by atoms with van der Waals surface area (Å²) in [6.45, 7) is 2.41. The minimum atomic E-state index is -0.201. The number of halogens is 2. The van der Waals surface area contributed by atoms with Crippen molar-refractivity contribution in [2.75, 3.05) is 0 Å². The molecule has 2 N–H and O–H groups in total. The van der Waals surface area contributed by atoms with Crippen molar-refractivity contribution in [1.82, 2.24) is 10.6 Å². The second kappa shape index (κ2) is 7.48. The van der Waals surface area contributed by atoms with Crippen molar-refractivity contribution < 1.29 is 4.79 Å². The highest BCUT2D eigenvalue weighted by atomic mass is 79.9. The van der Waals surface area contributed by atoms with Gasteiger partial charge in [0.05, 0.1) is 6.04 Å². The van der Waals surface area contributed by atoms with Gasteiger partial charge in [0.2, 0.25) is 0 Å². The van der Waals surface area contributed by atoms with Crippen molar-refractivity contribution in [3.05, 3.63) is 69.2 Å². The summed E-state index contributed by atoms with van der Waals surface area (Å²) < 4.78 is 0.982. The molecule has 0 spiro atoms. The molecule has 21 heavy (non-hydrogen) atoms. The Hall–Kier alpha value is -1.52. The number of hydrogen-bond acceptors (Lipinski definition) is 1. The molecule has 1 unspecified atom stereocenters. The Morgan fingerprint density at radius 2 is 1.86 bits per heavy atom. The fourth-order valence-corrected chi connectivity index (χ4v) is 2.69. The average Bonchev–Trinajstić information content (AvgIpc) is 2.47. The SMILES string of the molecule is CC(NC(=O)NCc1ccc(Cl)cc1)c1ccccc1Br. The lowest BCUT2D eigenvalue weighted by Gasteiger charge is -2.16. The summed E-state index contributed by atoms with van der Waals surface area (Å²) in [6, 6.07) is 14.9. The molecule has 0 fully saturated rings. The van der Waals surface area contributed by atoms with Crippen molar-refractivity contribution in [1.29, 1.82) is 0 Å². The smallest absolute Gasteiger partial charge is 0.315 e. The summed E-state index contributed by atoms with van der Waals surface area (Å²) in [5.41, 5.74) is 2.04. The lowest BCUT2D eigenvalue weighted by atomic mass is 10.1. The largest absolute Gasteiger partial charge is 0.334 e. The molecule has 0 saturated carbocycles. The van der Waals surface area contributed by atoms with Crippen LogP contribution in [-0.4, -0.2) is 6.03 Å². The Labute approximate surface area is 137 Å². The molecule has 0 aliphatic heterocycles. The Kier molecular flexibility index (Phi) is 5.65. The predicted molar refractivity (Wildman–Crippen MR) is 89.4 cm³/mol. The highest BCUT2D eigenvalue weighted by molar-refractivity contribution is 9.10. The van der Waals surface area contributed by atoms with Crippen LogP contribution in [0.5, 0.6) is 0 Å². The molecular formula is C16H16BrClN2O. The van der Waals surface area contributed by atoms with Crippen molar-refractivity contribution >= 4 is 33.6 Å². The molecule has 0 bridgehead atoms. The molecule has 2 aromatic carbocycles. The third-order valence-electron chi connectivity index (χ3n) is 3.09. The van der Waals surface area contributed by atoms with E-state index >= 15 is 0 Å². The molecule has 0 aromatic heterocycles. The quantitative estimate of drug-likeness (QED) is 0.810. The van der Waals surface area contributed by atoms with Gasteiger partial charge in [0, 0.05) is 16.0 Å². The number of benzene rings is 2. The molecule has 0 aliphatic rings. The van der Waals surface area contributed by atoms with E-state index in [0.717, 1.165) is 15.6 Å². The third-order valence-corrected chi connectivity index (χ3v) is 4.06. The van der Waals surface area contributed by atoms with Gasteiger partial charge in [-0.3, -0.25) is 0 Å². The summed E-state index contributed by atoms with van der Waals surface area (Å²) in [5.74, 6) is 0. The highest BCUT2D eigenvalue weighted by Crippen LogP contribution is 2.22. The molecule has 1 atom stereocenters. The first-order chi connectivity index (χ1) is 10.1. The van der Waals surface area contributed by atoms with E-state index in [-0.39, 0.29) is 12.1 Å². The van der Waals surface area contributed by atoms with Crippen LogP contribution in [0.2, 0.25) is 5.02 Å². The summed E-state index contributed by atoms with van der Waals surface area (Å²) >= 11 is 9.31. The number of carbonyl (C=O) groups is 1. The average molecular weight is 368 g/mol. The van der Waals surface area contributed by atoms with Crippen LogP contribution < -0.4 is 10.6 Å². The van der Waals surface area contributed by atoms with Gasteiger partial charge in [-0.05, 0) is 36.2 Å². The maximum atomic E-state index is 11.9. The first-order valence-electron chi connectivity index (χ1n) is 6.59.